The summed E-state index contributed by atoms with van der Waals surface area (Å²) in [7, 11) is 0. The largest absolute Gasteiger partial charge is 0.418 e. The number of benzene rings is 3. The minimum Gasteiger partial charge on any atom is -0.325 e. The zero-order valence-corrected chi connectivity index (χ0v) is 22.3. The maximum absolute atomic E-state index is 13.2. The van der Waals surface area contributed by atoms with E-state index in [4.69, 9.17) is 0 Å². The molecular weight excluding hydrogens is 559 g/mol. The van der Waals surface area contributed by atoms with Gasteiger partial charge < -0.3 is 16.0 Å². The van der Waals surface area contributed by atoms with E-state index in [0.717, 1.165) is 22.7 Å². The first-order valence-electron chi connectivity index (χ1n) is 11.8. The van der Waals surface area contributed by atoms with Crippen LogP contribution >= 0.6 is 23.1 Å². The highest BCUT2D eigenvalue weighted by molar-refractivity contribution is 8.00. The van der Waals surface area contributed by atoms with E-state index in [0.29, 0.717) is 16.1 Å². The van der Waals surface area contributed by atoms with Gasteiger partial charge in [-0.15, -0.1) is 23.1 Å². The van der Waals surface area contributed by atoms with Gasteiger partial charge >= 0.3 is 6.18 Å². The predicted octanol–water partition coefficient (Wildman–Crippen LogP) is 6.91. The molecule has 0 radical (unpaired) electrons. The summed E-state index contributed by atoms with van der Waals surface area (Å²) in [5.41, 5.74) is -0.306. The summed E-state index contributed by atoms with van der Waals surface area (Å²) in [6.07, 6.45) is -3.00. The van der Waals surface area contributed by atoms with Gasteiger partial charge in [0.2, 0.25) is 5.91 Å². The second-order valence-electron chi connectivity index (χ2n) is 8.25. The van der Waals surface area contributed by atoms with Crippen molar-refractivity contribution < 1.29 is 27.6 Å². The van der Waals surface area contributed by atoms with E-state index in [9.17, 15) is 27.6 Å². The Balaban J connectivity index is 1.37. The van der Waals surface area contributed by atoms with Crippen molar-refractivity contribution in [3.8, 4) is 0 Å². The van der Waals surface area contributed by atoms with Gasteiger partial charge in [-0.25, -0.2) is 0 Å². The van der Waals surface area contributed by atoms with Crippen molar-refractivity contribution >= 4 is 58.3 Å². The molecule has 0 atom stereocenters. The van der Waals surface area contributed by atoms with Crippen LogP contribution in [-0.2, 0) is 15.8 Å². The number of anilines is 2. The average molecular weight is 582 g/mol. The SMILES string of the molecule is O=C(CSc1ccc(NC(=O)/C(=C/c2cccs2)NC(=O)c2ccccc2)cc1)Nc1ccccc1C(F)(F)F. The number of thiophene rings is 1. The molecule has 11 heteroatoms. The average Bonchev–Trinajstić information content (AvgIpc) is 3.46. The first kappa shape index (κ1) is 28.7. The molecular formula is C29H22F3N3O3S2. The van der Waals surface area contributed by atoms with Gasteiger partial charge in [0.05, 0.1) is 17.0 Å². The standard InChI is InChI=1S/C29H22F3N3O3S2/c30-29(31,32)23-10-4-5-11-24(23)34-26(36)18-40-21-14-12-20(13-15-21)33-28(38)25(17-22-9-6-16-39-22)35-27(37)19-7-2-1-3-8-19/h1-17H,18H2,(H,33,38)(H,34,36)(H,35,37)/b25-17-. The van der Waals surface area contributed by atoms with Gasteiger partial charge in [-0.2, -0.15) is 13.2 Å². The van der Waals surface area contributed by atoms with E-state index in [-0.39, 0.29) is 17.1 Å². The van der Waals surface area contributed by atoms with Gasteiger partial charge in [0, 0.05) is 21.0 Å². The third kappa shape index (κ3) is 8.08. The Bertz CT molecular complexity index is 1510. The molecule has 3 N–H and O–H groups in total. The fourth-order valence-electron chi connectivity index (χ4n) is 3.47. The first-order valence-corrected chi connectivity index (χ1v) is 13.7. The highest BCUT2D eigenvalue weighted by Gasteiger charge is 2.33. The van der Waals surface area contributed by atoms with E-state index in [1.165, 1.54) is 29.5 Å². The Morgan fingerprint density at radius 1 is 0.825 bits per heavy atom. The maximum Gasteiger partial charge on any atom is 0.418 e. The second-order valence-corrected chi connectivity index (χ2v) is 10.3. The molecule has 0 aliphatic heterocycles. The van der Waals surface area contributed by atoms with E-state index in [1.807, 2.05) is 17.5 Å². The summed E-state index contributed by atoms with van der Waals surface area (Å²) in [6.45, 7) is 0. The normalized spacial score (nSPS) is 11.5. The van der Waals surface area contributed by atoms with Crippen molar-refractivity contribution in [3.05, 3.63) is 118 Å². The molecule has 3 aromatic carbocycles. The van der Waals surface area contributed by atoms with E-state index in [1.54, 1.807) is 60.7 Å². The number of hydrogen-bond acceptors (Lipinski definition) is 5. The number of carbonyl (C=O) groups is 3. The number of alkyl halides is 3. The molecule has 6 nitrogen and oxygen atoms in total. The van der Waals surface area contributed by atoms with Gasteiger partial charge in [-0.3, -0.25) is 14.4 Å². The Morgan fingerprint density at radius 3 is 2.20 bits per heavy atom. The Kier molecular flexibility index (Phi) is 9.41. The maximum atomic E-state index is 13.2. The predicted molar refractivity (Wildman–Crippen MR) is 152 cm³/mol. The monoisotopic (exact) mass is 581 g/mol. The van der Waals surface area contributed by atoms with Gasteiger partial charge in [0.1, 0.15) is 5.70 Å². The zero-order chi connectivity index (χ0) is 28.5. The molecule has 0 spiro atoms. The molecule has 1 aromatic heterocycles. The van der Waals surface area contributed by atoms with E-state index in [2.05, 4.69) is 16.0 Å². The van der Waals surface area contributed by atoms with Gasteiger partial charge in [-0.1, -0.05) is 36.4 Å². The van der Waals surface area contributed by atoms with Crippen molar-refractivity contribution in [2.24, 2.45) is 0 Å². The van der Waals surface area contributed by atoms with E-state index >= 15 is 0 Å². The van der Waals surface area contributed by atoms with Gasteiger partial charge in [0.25, 0.3) is 11.8 Å². The topological polar surface area (TPSA) is 87.3 Å². The number of rotatable bonds is 9. The molecule has 0 fully saturated rings. The highest BCUT2D eigenvalue weighted by Crippen LogP contribution is 2.34. The summed E-state index contributed by atoms with van der Waals surface area (Å²) in [5.74, 6) is -1.66. The summed E-state index contributed by atoms with van der Waals surface area (Å²) < 4.78 is 39.5. The molecule has 0 bridgehead atoms. The molecule has 0 aliphatic rings. The quantitative estimate of drug-likeness (QED) is 0.148. The lowest BCUT2D eigenvalue weighted by Gasteiger charge is -2.13. The number of halogens is 3. The van der Waals surface area contributed by atoms with Crippen LogP contribution in [0.5, 0.6) is 0 Å². The summed E-state index contributed by atoms with van der Waals surface area (Å²) >= 11 is 2.54. The van der Waals surface area contributed by atoms with Crippen molar-refractivity contribution in [2.45, 2.75) is 11.1 Å². The summed E-state index contributed by atoms with van der Waals surface area (Å²) in [6, 6.07) is 23.5. The summed E-state index contributed by atoms with van der Waals surface area (Å²) in [4.78, 5) is 39.5. The van der Waals surface area contributed by atoms with Gasteiger partial charge in [-0.05, 0) is 66.1 Å². The third-order valence-corrected chi connectivity index (χ3v) is 7.18. The number of hydrogen-bond donors (Lipinski definition) is 3. The Hall–Kier alpha value is -4.35. The van der Waals surface area contributed by atoms with Crippen LogP contribution in [0.25, 0.3) is 6.08 Å². The lowest BCUT2D eigenvalue weighted by atomic mass is 10.1. The second kappa shape index (κ2) is 13.1. The van der Waals surface area contributed by atoms with Crippen LogP contribution in [0.1, 0.15) is 20.8 Å². The lowest BCUT2D eigenvalue weighted by molar-refractivity contribution is -0.137. The third-order valence-electron chi connectivity index (χ3n) is 5.35. The number of para-hydroxylation sites is 1. The van der Waals surface area contributed by atoms with Crippen molar-refractivity contribution in [1.82, 2.24) is 5.32 Å². The smallest absolute Gasteiger partial charge is 0.325 e. The molecule has 40 heavy (non-hydrogen) atoms. The van der Waals surface area contributed by atoms with Crippen LogP contribution < -0.4 is 16.0 Å². The molecule has 0 aliphatic carbocycles. The molecule has 4 aromatic rings. The zero-order valence-electron chi connectivity index (χ0n) is 20.7. The lowest BCUT2D eigenvalue weighted by Crippen LogP contribution is -2.30. The van der Waals surface area contributed by atoms with Gasteiger partial charge in [0.15, 0.2) is 0 Å². The molecule has 204 valence electrons. The van der Waals surface area contributed by atoms with Crippen LogP contribution in [0.4, 0.5) is 24.5 Å². The molecule has 4 rings (SSSR count). The van der Waals surface area contributed by atoms with Crippen molar-refractivity contribution in [1.29, 1.82) is 0 Å². The van der Waals surface area contributed by atoms with Crippen LogP contribution in [0.3, 0.4) is 0 Å². The molecule has 0 unspecified atom stereocenters. The van der Waals surface area contributed by atoms with Crippen LogP contribution in [0.15, 0.2) is 107 Å². The highest BCUT2D eigenvalue weighted by atomic mass is 32.2. The van der Waals surface area contributed by atoms with Crippen LogP contribution in [-0.4, -0.2) is 23.5 Å². The van der Waals surface area contributed by atoms with Crippen molar-refractivity contribution in [3.63, 3.8) is 0 Å². The number of thioether (sulfide) groups is 1. The minimum atomic E-state index is -4.58. The fraction of sp³-hybridized carbons (Fsp3) is 0.0690. The van der Waals surface area contributed by atoms with Crippen LogP contribution in [0.2, 0.25) is 0 Å². The van der Waals surface area contributed by atoms with E-state index < -0.39 is 29.5 Å². The number of carbonyl (C=O) groups excluding carboxylic acids is 3. The molecule has 0 saturated carbocycles. The fourth-order valence-corrected chi connectivity index (χ4v) is 4.82. The van der Waals surface area contributed by atoms with Crippen LogP contribution in [0, 0.1) is 0 Å². The number of amides is 3. The molecule has 3 amide bonds. The molecule has 1 heterocycles. The number of nitrogens with one attached hydrogen (secondary N) is 3. The Labute approximate surface area is 236 Å². The summed E-state index contributed by atoms with van der Waals surface area (Å²) in [5, 5.41) is 9.57. The first-order chi connectivity index (χ1) is 19.2. The molecule has 0 saturated heterocycles. The van der Waals surface area contributed by atoms with Crippen molar-refractivity contribution in [2.75, 3.05) is 16.4 Å². The minimum absolute atomic E-state index is 0.0607. The Morgan fingerprint density at radius 2 is 1.52 bits per heavy atom.